The number of hydrogen-bond acceptors (Lipinski definition) is 3. The van der Waals surface area contributed by atoms with Crippen molar-refractivity contribution in [1.82, 2.24) is 4.72 Å². The Bertz CT molecular complexity index is 403. The molecule has 2 atom stereocenters. The largest absolute Gasteiger partial charge is 0.469 e. The van der Waals surface area contributed by atoms with Crippen molar-refractivity contribution < 1.29 is 13.7 Å². The van der Waals surface area contributed by atoms with Crippen molar-refractivity contribution in [3.63, 3.8) is 0 Å². The zero-order chi connectivity index (χ0) is 12.8. The summed E-state index contributed by atoms with van der Waals surface area (Å²) in [6, 6.07) is 7.23. The molecule has 0 aliphatic carbocycles. The first kappa shape index (κ1) is 13.9. The van der Waals surface area contributed by atoms with Crippen molar-refractivity contribution in [3.05, 3.63) is 29.8 Å². The van der Waals surface area contributed by atoms with Crippen molar-refractivity contribution in [2.75, 3.05) is 7.11 Å². The fourth-order valence-electron chi connectivity index (χ4n) is 1.29. The van der Waals surface area contributed by atoms with Crippen LogP contribution in [-0.2, 0) is 20.5 Å². The number of ether oxygens (including phenoxy) is 1. The minimum Gasteiger partial charge on any atom is -0.469 e. The SMILES string of the molecule is COC(=O)C[C@@H](C)N[S@](=O)c1ccc(C)cc1. The summed E-state index contributed by atoms with van der Waals surface area (Å²) in [7, 11) is 0.0413. The molecule has 0 aliphatic heterocycles. The molecule has 0 bridgehead atoms. The lowest BCUT2D eigenvalue weighted by atomic mass is 10.2. The maximum atomic E-state index is 11.9. The Balaban J connectivity index is 2.54. The number of carbonyl (C=O) groups is 1. The molecule has 0 radical (unpaired) electrons. The first-order valence-electron chi connectivity index (χ1n) is 5.34. The summed E-state index contributed by atoms with van der Waals surface area (Å²) in [6.07, 6.45) is 0.202. The van der Waals surface area contributed by atoms with E-state index in [-0.39, 0.29) is 18.4 Å². The number of aryl methyl sites for hydroxylation is 1. The normalized spacial score (nSPS) is 14.1. The van der Waals surface area contributed by atoms with Gasteiger partial charge in [-0.25, -0.2) is 8.93 Å². The van der Waals surface area contributed by atoms with Gasteiger partial charge in [0.25, 0.3) is 0 Å². The van der Waals surface area contributed by atoms with Crippen LogP contribution in [0, 0.1) is 6.92 Å². The predicted molar refractivity (Wildman–Crippen MR) is 66.8 cm³/mol. The van der Waals surface area contributed by atoms with E-state index in [9.17, 15) is 9.00 Å². The highest BCUT2D eigenvalue weighted by molar-refractivity contribution is 7.83. The van der Waals surface area contributed by atoms with Gasteiger partial charge in [-0.1, -0.05) is 17.7 Å². The molecule has 0 amide bonds. The van der Waals surface area contributed by atoms with Crippen molar-refractivity contribution in [3.8, 4) is 0 Å². The van der Waals surface area contributed by atoms with E-state index >= 15 is 0 Å². The molecule has 0 aromatic heterocycles. The number of carbonyl (C=O) groups excluding carboxylic acids is 1. The molecular weight excluding hydrogens is 238 g/mol. The number of benzene rings is 1. The molecule has 0 heterocycles. The Morgan fingerprint density at radius 3 is 2.53 bits per heavy atom. The van der Waals surface area contributed by atoms with Gasteiger partial charge in [0.2, 0.25) is 0 Å². The van der Waals surface area contributed by atoms with Crippen molar-refractivity contribution >= 4 is 17.0 Å². The minimum atomic E-state index is -1.30. The van der Waals surface area contributed by atoms with Crippen LogP contribution in [0.1, 0.15) is 18.9 Å². The number of hydrogen-bond donors (Lipinski definition) is 1. The van der Waals surface area contributed by atoms with Crippen molar-refractivity contribution in [2.45, 2.75) is 31.2 Å². The van der Waals surface area contributed by atoms with E-state index in [0.29, 0.717) is 4.90 Å². The first-order valence-corrected chi connectivity index (χ1v) is 6.49. The van der Waals surface area contributed by atoms with E-state index in [1.54, 1.807) is 6.92 Å². The van der Waals surface area contributed by atoms with Gasteiger partial charge in [0.05, 0.1) is 18.4 Å². The van der Waals surface area contributed by atoms with E-state index in [1.807, 2.05) is 31.2 Å². The number of esters is 1. The average molecular weight is 255 g/mol. The van der Waals surface area contributed by atoms with Crippen LogP contribution in [0.15, 0.2) is 29.2 Å². The van der Waals surface area contributed by atoms with E-state index < -0.39 is 11.0 Å². The molecule has 0 spiro atoms. The van der Waals surface area contributed by atoms with Crippen LogP contribution in [0.2, 0.25) is 0 Å². The predicted octanol–water partition coefficient (Wildman–Crippen LogP) is 1.56. The summed E-state index contributed by atoms with van der Waals surface area (Å²) in [6.45, 7) is 3.77. The second-order valence-electron chi connectivity index (χ2n) is 3.88. The molecule has 5 heteroatoms. The third-order valence-electron chi connectivity index (χ3n) is 2.24. The molecule has 1 aromatic rings. The van der Waals surface area contributed by atoms with Crippen LogP contribution in [-0.4, -0.2) is 23.3 Å². The van der Waals surface area contributed by atoms with Gasteiger partial charge in [-0.05, 0) is 26.0 Å². The van der Waals surface area contributed by atoms with Crippen LogP contribution in [0.4, 0.5) is 0 Å². The zero-order valence-electron chi connectivity index (χ0n) is 10.2. The highest BCUT2D eigenvalue weighted by atomic mass is 32.2. The van der Waals surface area contributed by atoms with Gasteiger partial charge < -0.3 is 4.74 Å². The highest BCUT2D eigenvalue weighted by Gasteiger charge is 2.12. The number of rotatable bonds is 5. The molecular formula is C12H17NO3S. The Hall–Kier alpha value is -1.20. The molecule has 4 nitrogen and oxygen atoms in total. The van der Waals surface area contributed by atoms with Gasteiger partial charge in [0.15, 0.2) is 0 Å². The van der Waals surface area contributed by atoms with Crippen LogP contribution in [0.5, 0.6) is 0 Å². The third kappa shape index (κ3) is 4.66. The summed E-state index contributed by atoms with van der Waals surface area (Å²) in [4.78, 5) is 11.7. The summed E-state index contributed by atoms with van der Waals surface area (Å²) in [5.74, 6) is -0.314. The minimum absolute atomic E-state index is 0.190. The molecule has 94 valence electrons. The van der Waals surface area contributed by atoms with Crippen LogP contribution in [0.3, 0.4) is 0 Å². The Morgan fingerprint density at radius 2 is 2.00 bits per heavy atom. The monoisotopic (exact) mass is 255 g/mol. The van der Waals surface area contributed by atoms with Crippen LogP contribution in [0.25, 0.3) is 0 Å². The lowest BCUT2D eigenvalue weighted by Crippen LogP contribution is -2.30. The fraction of sp³-hybridized carbons (Fsp3) is 0.417. The van der Waals surface area contributed by atoms with E-state index in [2.05, 4.69) is 9.46 Å². The molecule has 1 rings (SSSR count). The smallest absolute Gasteiger partial charge is 0.307 e. The molecule has 0 aliphatic rings. The molecule has 1 N–H and O–H groups in total. The molecule has 0 fully saturated rings. The third-order valence-corrected chi connectivity index (χ3v) is 3.56. The Kier molecular flexibility index (Phi) is 5.31. The average Bonchev–Trinajstić information content (AvgIpc) is 2.29. The van der Waals surface area contributed by atoms with Gasteiger partial charge >= 0.3 is 5.97 Å². The van der Waals surface area contributed by atoms with E-state index in [4.69, 9.17) is 0 Å². The second kappa shape index (κ2) is 6.51. The molecule has 0 unspecified atom stereocenters. The fourth-order valence-corrected chi connectivity index (χ4v) is 2.26. The second-order valence-corrected chi connectivity index (χ2v) is 5.13. The van der Waals surface area contributed by atoms with E-state index in [1.165, 1.54) is 7.11 Å². The molecule has 0 saturated carbocycles. The lowest BCUT2D eigenvalue weighted by Gasteiger charge is -2.11. The topological polar surface area (TPSA) is 55.4 Å². The molecule has 0 saturated heterocycles. The first-order chi connectivity index (χ1) is 8.02. The number of nitrogens with one attached hydrogen (secondary N) is 1. The maximum Gasteiger partial charge on any atom is 0.307 e. The van der Waals surface area contributed by atoms with Crippen molar-refractivity contribution in [1.29, 1.82) is 0 Å². The van der Waals surface area contributed by atoms with Crippen LogP contribution >= 0.6 is 0 Å². The molecule has 1 aromatic carbocycles. The molecule has 17 heavy (non-hydrogen) atoms. The maximum absolute atomic E-state index is 11.9. The summed E-state index contributed by atoms with van der Waals surface area (Å²) in [5.41, 5.74) is 1.12. The van der Waals surface area contributed by atoms with Gasteiger partial charge in [0, 0.05) is 6.04 Å². The Morgan fingerprint density at radius 1 is 1.41 bits per heavy atom. The van der Waals surface area contributed by atoms with E-state index in [0.717, 1.165) is 5.56 Å². The van der Waals surface area contributed by atoms with Gasteiger partial charge in [-0.3, -0.25) is 4.79 Å². The van der Waals surface area contributed by atoms with Crippen LogP contribution < -0.4 is 4.72 Å². The lowest BCUT2D eigenvalue weighted by molar-refractivity contribution is -0.140. The van der Waals surface area contributed by atoms with Gasteiger partial charge in [0.1, 0.15) is 11.0 Å². The zero-order valence-corrected chi connectivity index (χ0v) is 11.0. The summed E-state index contributed by atoms with van der Waals surface area (Å²) >= 11 is 0. The quantitative estimate of drug-likeness (QED) is 0.812. The summed E-state index contributed by atoms with van der Waals surface area (Å²) in [5, 5.41) is 0. The summed E-state index contributed by atoms with van der Waals surface area (Å²) < 4.78 is 19.3. The highest BCUT2D eigenvalue weighted by Crippen LogP contribution is 2.07. The van der Waals surface area contributed by atoms with Gasteiger partial charge in [-0.2, -0.15) is 0 Å². The number of methoxy groups -OCH3 is 1. The van der Waals surface area contributed by atoms with Crippen molar-refractivity contribution in [2.24, 2.45) is 0 Å². The van der Waals surface area contributed by atoms with Gasteiger partial charge in [-0.15, -0.1) is 0 Å². The Labute approximate surface area is 104 Å². The standard InChI is InChI=1S/C12H17NO3S/c1-9-4-6-11(7-5-9)17(15)13-10(2)8-12(14)16-3/h4-7,10,13H,8H2,1-3H3/t10-,17-/m1/s1.